The molecule has 0 aliphatic rings. The van der Waals surface area contributed by atoms with E-state index in [0.717, 1.165) is 30.2 Å². The number of nitrogens with one attached hydrogen (secondary N) is 1. The number of rotatable bonds is 5. The van der Waals surface area contributed by atoms with Crippen molar-refractivity contribution < 1.29 is 18.1 Å². The molecule has 28 heavy (non-hydrogen) atoms. The third kappa shape index (κ3) is 4.70. The zero-order chi connectivity index (χ0) is 20.3. The van der Waals surface area contributed by atoms with Gasteiger partial charge in [-0.2, -0.15) is 13.2 Å². The van der Waals surface area contributed by atoms with Gasteiger partial charge in [-0.3, -0.25) is 10.1 Å². The summed E-state index contributed by atoms with van der Waals surface area (Å²) < 4.78 is 38.6. The Morgan fingerprint density at radius 1 is 1.11 bits per heavy atom. The summed E-state index contributed by atoms with van der Waals surface area (Å²) in [4.78, 5) is 19.3. The maximum atomic E-state index is 12.9. The fraction of sp³-hybridized carbons (Fsp3) is 0.0588. The first-order chi connectivity index (χ1) is 13.2. The lowest BCUT2D eigenvalue weighted by atomic mass is 10.2. The molecule has 144 valence electrons. The molecular weight excluding hydrogens is 417 g/mol. The van der Waals surface area contributed by atoms with E-state index < -0.39 is 22.4 Å². The number of nitrogens with zero attached hydrogens (tertiary/aromatic N) is 3. The van der Waals surface area contributed by atoms with Gasteiger partial charge in [-0.25, -0.2) is 9.97 Å². The lowest BCUT2D eigenvalue weighted by Gasteiger charge is -2.11. The number of hydrogen-bond donors (Lipinski definition) is 1. The van der Waals surface area contributed by atoms with E-state index in [1.165, 1.54) is 12.1 Å². The highest BCUT2D eigenvalue weighted by molar-refractivity contribution is 7.99. The van der Waals surface area contributed by atoms with Crippen molar-refractivity contribution in [3.05, 3.63) is 75.6 Å². The van der Waals surface area contributed by atoms with Crippen LogP contribution in [0.3, 0.4) is 0 Å². The molecule has 0 radical (unpaired) electrons. The zero-order valence-electron chi connectivity index (χ0n) is 13.8. The van der Waals surface area contributed by atoms with Crippen molar-refractivity contribution >= 4 is 40.6 Å². The van der Waals surface area contributed by atoms with E-state index in [1.54, 1.807) is 24.3 Å². The first-order valence-electron chi connectivity index (χ1n) is 7.61. The molecule has 0 fully saturated rings. The molecule has 2 aromatic carbocycles. The minimum absolute atomic E-state index is 0.0130. The summed E-state index contributed by atoms with van der Waals surface area (Å²) in [5.74, 6) is -0.212. The minimum Gasteiger partial charge on any atom is -0.334 e. The van der Waals surface area contributed by atoms with Crippen LogP contribution in [0.2, 0.25) is 5.02 Å². The summed E-state index contributed by atoms with van der Waals surface area (Å²) in [5.41, 5.74) is -1.32. The van der Waals surface area contributed by atoms with Crippen LogP contribution in [0.5, 0.6) is 0 Å². The Morgan fingerprint density at radius 2 is 1.82 bits per heavy atom. The summed E-state index contributed by atoms with van der Waals surface area (Å²) in [7, 11) is 0. The Balaban J connectivity index is 1.96. The molecule has 3 aromatic rings. The van der Waals surface area contributed by atoms with Crippen LogP contribution in [0, 0.1) is 10.1 Å². The number of benzene rings is 2. The maximum absolute atomic E-state index is 12.9. The third-order valence-electron chi connectivity index (χ3n) is 3.45. The van der Waals surface area contributed by atoms with Gasteiger partial charge in [0.2, 0.25) is 5.82 Å². The zero-order valence-corrected chi connectivity index (χ0v) is 15.3. The molecule has 0 spiro atoms. The minimum atomic E-state index is -4.54. The fourth-order valence-corrected chi connectivity index (χ4v) is 3.21. The normalized spacial score (nSPS) is 11.3. The van der Waals surface area contributed by atoms with E-state index in [-0.39, 0.29) is 16.5 Å². The quantitative estimate of drug-likeness (QED) is 0.308. The van der Waals surface area contributed by atoms with Gasteiger partial charge in [0.05, 0.1) is 10.5 Å². The van der Waals surface area contributed by atoms with E-state index in [1.807, 2.05) is 0 Å². The monoisotopic (exact) mass is 426 g/mol. The van der Waals surface area contributed by atoms with Gasteiger partial charge in [0.1, 0.15) is 6.33 Å². The van der Waals surface area contributed by atoms with Crippen molar-refractivity contribution in [2.24, 2.45) is 0 Å². The molecule has 0 aliphatic carbocycles. The van der Waals surface area contributed by atoms with Gasteiger partial charge >= 0.3 is 11.9 Å². The molecule has 6 nitrogen and oxygen atoms in total. The maximum Gasteiger partial charge on any atom is 0.416 e. The molecule has 0 saturated carbocycles. The Hall–Kier alpha value is -2.85. The van der Waals surface area contributed by atoms with Gasteiger partial charge in [-0.1, -0.05) is 29.4 Å². The molecule has 11 heteroatoms. The highest BCUT2D eigenvalue weighted by atomic mass is 35.5. The van der Waals surface area contributed by atoms with E-state index in [2.05, 4.69) is 15.3 Å². The van der Waals surface area contributed by atoms with Gasteiger partial charge in [0.25, 0.3) is 0 Å². The average Bonchev–Trinajstić information content (AvgIpc) is 2.63. The largest absolute Gasteiger partial charge is 0.416 e. The number of aromatic nitrogens is 2. The standard InChI is InChI=1S/C17H10ClF3N4O2S/c18-11-4-6-13(7-5-11)28-16-14(25(26)27)15(22-9-23-16)24-12-3-1-2-10(8-12)17(19,20)21/h1-9H,(H,22,23,24). The van der Waals surface area contributed by atoms with Crippen LogP contribution in [-0.4, -0.2) is 14.9 Å². The summed E-state index contributed by atoms with van der Waals surface area (Å²) in [5, 5.41) is 14.7. The van der Waals surface area contributed by atoms with Crippen LogP contribution in [0.1, 0.15) is 5.56 Å². The van der Waals surface area contributed by atoms with Crippen LogP contribution in [0.25, 0.3) is 0 Å². The average molecular weight is 427 g/mol. The molecule has 1 aromatic heterocycles. The van der Waals surface area contributed by atoms with E-state index >= 15 is 0 Å². The SMILES string of the molecule is O=[N+]([O-])c1c(Nc2cccc(C(F)(F)F)c2)ncnc1Sc1ccc(Cl)cc1. The number of nitro groups is 1. The van der Waals surface area contributed by atoms with E-state index in [9.17, 15) is 23.3 Å². The Kier molecular flexibility index (Phi) is 5.71. The van der Waals surface area contributed by atoms with Crippen molar-refractivity contribution in [1.29, 1.82) is 0 Å². The van der Waals surface area contributed by atoms with Gasteiger partial charge in [0, 0.05) is 15.6 Å². The molecule has 1 heterocycles. The molecule has 3 rings (SSSR count). The lowest BCUT2D eigenvalue weighted by Crippen LogP contribution is -2.06. The van der Waals surface area contributed by atoms with Crippen LogP contribution >= 0.6 is 23.4 Å². The van der Waals surface area contributed by atoms with Gasteiger partial charge < -0.3 is 5.32 Å². The second kappa shape index (κ2) is 8.03. The molecule has 0 bridgehead atoms. The summed E-state index contributed by atoms with van der Waals surface area (Å²) in [6, 6.07) is 10.9. The molecule has 1 N–H and O–H groups in total. The van der Waals surface area contributed by atoms with Crippen molar-refractivity contribution in [2.75, 3.05) is 5.32 Å². The van der Waals surface area contributed by atoms with Crippen molar-refractivity contribution in [2.45, 2.75) is 16.1 Å². The number of anilines is 2. The molecule has 0 aliphatic heterocycles. The van der Waals surface area contributed by atoms with Crippen molar-refractivity contribution in [1.82, 2.24) is 9.97 Å². The third-order valence-corrected chi connectivity index (χ3v) is 4.70. The van der Waals surface area contributed by atoms with Gasteiger partial charge in [-0.15, -0.1) is 0 Å². The van der Waals surface area contributed by atoms with Crippen molar-refractivity contribution in [3.63, 3.8) is 0 Å². The first kappa shape index (κ1) is 19.9. The predicted octanol–water partition coefficient (Wildman–Crippen LogP) is 5.95. The first-order valence-corrected chi connectivity index (χ1v) is 8.80. The molecule has 0 unspecified atom stereocenters. The highest BCUT2D eigenvalue weighted by Crippen LogP contribution is 2.38. The lowest BCUT2D eigenvalue weighted by molar-refractivity contribution is -0.387. The fourth-order valence-electron chi connectivity index (χ4n) is 2.22. The van der Waals surface area contributed by atoms with Gasteiger partial charge in [-0.05, 0) is 42.5 Å². The van der Waals surface area contributed by atoms with Crippen molar-refractivity contribution in [3.8, 4) is 0 Å². The van der Waals surface area contributed by atoms with E-state index in [0.29, 0.717) is 9.92 Å². The molecular formula is C17H10ClF3N4O2S. The van der Waals surface area contributed by atoms with Crippen LogP contribution in [0.15, 0.2) is 64.8 Å². The number of hydrogen-bond acceptors (Lipinski definition) is 6. The van der Waals surface area contributed by atoms with E-state index in [4.69, 9.17) is 11.6 Å². The highest BCUT2D eigenvalue weighted by Gasteiger charge is 2.31. The Labute approximate surface area is 165 Å². The number of alkyl halides is 3. The Bertz CT molecular complexity index is 1020. The Morgan fingerprint density at radius 3 is 2.46 bits per heavy atom. The second-order valence-electron chi connectivity index (χ2n) is 5.39. The topological polar surface area (TPSA) is 81.0 Å². The molecule has 0 saturated heterocycles. The second-order valence-corrected chi connectivity index (χ2v) is 6.89. The van der Waals surface area contributed by atoms with Crippen LogP contribution < -0.4 is 5.32 Å². The molecule has 0 amide bonds. The summed E-state index contributed by atoms with van der Waals surface area (Å²) in [6.45, 7) is 0. The van der Waals surface area contributed by atoms with Gasteiger partial charge in [0.15, 0.2) is 5.03 Å². The number of halogens is 4. The molecule has 0 atom stereocenters. The smallest absolute Gasteiger partial charge is 0.334 e. The predicted molar refractivity (Wildman–Crippen MR) is 99.0 cm³/mol. The summed E-state index contributed by atoms with van der Waals surface area (Å²) in [6.07, 6.45) is -3.44. The van der Waals surface area contributed by atoms with Crippen LogP contribution in [0.4, 0.5) is 30.4 Å². The summed E-state index contributed by atoms with van der Waals surface area (Å²) >= 11 is 6.84. The van der Waals surface area contributed by atoms with Crippen LogP contribution in [-0.2, 0) is 6.18 Å².